The van der Waals surface area contributed by atoms with Crippen molar-refractivity contribution < 1.29 is 4.39 Å². The summed E-state index contributed by atoms with van der Waals surface area (Å²) in [5.41, 5.74) is 6.40. The lowest BCUT2D eigenvalue weighted by Gasteiger charge is -2.42. The van der Waals surface area contributed by atoms with Gasteiger partial charge in [-0.2, -0.15) is 0 Å². The van der Waals surface area contributed by atoms with Gasteiger partial charge in [-0.15, -0.1) is 0 Å². The molecule has 2 aromatic heterocycles. The minimum Gasteiger partial charge on any atom is -0.365 e. The zero-order valence-corrected chi connectivity index (χ0v) is 20.5. The maximum Gasteiger partial charge on any atom is 0.150 e. The summed E-state index contributed by atoms with van der Waals surface area (Å²) >= 11 is 0. The highest BCUT2D eigenvalue weighted by atomic mass is 19.1. The van der Waals surface area contributed by atoms with Crippen LogP contribution in [-0.2, 0) is 0 Å². The van der Waals surface area contributed by atoms with E-state index in [9.17, 15) is 4.39 Å². The molecule has 1 aliphatic rings. The number of rotatable bonds is 4. The molecule has 3 heterocycles. The van der Waals surface area contributed by atoms with Crippen LogP contribution in [0, 0.1) is 12.7 Å². The average molecular weight is 478 g/mol. The van der Waals surface area contributed by atoms with Gasteiger partial charge < -0.3 is 14.4 Å². The standard InChI is InChI=1S/C30H28FN5/c1-21-7-6-10-26(17-21)35-16-15-34(18-22(35)2)29-28-27(23-8-4-3-5-9-23)19-36(30(28)33-20-32-29)25-13-11-24(31)12-14-25/h3-14,17,19-20,22H,15-16,18H2,1-2H3/t22-/m1/s1. The van der Waals surface area contributed by atoms with Gasteiger partial charge in [0, 0.05) is 48.8 Å². The van der Waals surface area contributed by atoms with Crippen molar-refractivity contribution in [3.05, 3.63) is 103 Å². The fourth-order valence-electron chi connectivity index (χ4n) is 5.26. The molecule has 0 radical (unpaired) electrons. The largest absolute Gasteiger partial charge is 0.365 e. The molecule has 1 aliphatic heterocycles. The van der Waals surface area contributed by atoms with Crippen LogP contribution >= 0.6 is 0 Å². The number of hydrogen-bond donors (Lipinski definition) is 0. The lowest BCUT2D eigenvalue weighted by Crippen LogP contribution is -2.52. The Morgan fingerprint density at radius 3 is 2.42 bits per heavy atom. The molecule has 1 fully saturated rings. The summed E-state index contributed by atoms with van der Waals surface area (Å²) < 4.78 is 15.7. The van der Waals surface area contributed by atoms with Crippen LogP contribution in [0.4, 0.5) is 15.9 Å². The quantitative estimate of drug-likeness (QED) is 0.307. The number of hydrogen-bond acceptors (Lipinski definition) is 4. The summed E-state index contributed by atoms with van der Waals surface area (Å²) in [7, 11) is 0. The van der Waals surface area contributed by atoms with Crippen LogP contribution in [0.25, 0.3) is 27.8 Å². The third-order valence-electron chi connectivity index (χ3n) is 7.01. The Kier molecular flexibility index (Phi) is 5.64. The zero-order valence-electron chi connectivity index (χ0n) is 20.5. The minimum absolute atomic E-state index is 0.255. The first-order valence-corrected chi connectivity index (χ1v) is 12.3. The maximum absolute atomic E-state index is 13.7. The third kappa shape index (κ3) is 3.98. The molecule has 3 aromatic carbocycles. The van der Waals surface area contributed by atoms with E-state index >= 15 is 0 Å². The number of fused-ring (bicyclic) bond motifs is 1. The Balaban J connectivity index is 1.44. The smallest absolute Gasteiger partial charge is 0.150 e. The number of anilines is 2. The minimum atomic E-state index is -0.255. The highest BCUT2D eigenvalue weighted by molar-refractivity contribution is 6.02. The molecule has 0 N–H and O–H groups in total. The molecular weight excluding hydrogens is 449 g/mol. The second kappa shape index (κ2) is 9.11. The summed E-state index contributed by atoms with van der Waals surface area (Å²) in [5.74, 6) is 0.685. The number of aromatic nitrogens is 3. The van der Waals surface area contributed by atoms with Gasteiger partial charge in [0.1, 0.15) is 18.0 Å². The average Bonchev–Trinajstić information content (AvgIpc) is 3.29. The number of piperazine rings is 1. The van der Waals surface area contributed by atoms with Crippen molar-refractivity contribution in [2.75, 3.05) is 29.4 Å². The molecule has 180 valence electrons. The van der Waals surface area contributed by atoms with E-state index in [4.69, 9.17) is 9.97 Å². The Hall–Kier alpha value is -4.19. The van der Waals surface area contributed by atoms with Crippen LogP contribution in [0.2, 0.25) is 0 Å². The maximum atomic E-state index is 13.7. The Labute approximate surface area is 210 Å². The molecule has 1 saturated heterocycles. The normalized spacial score (nSPS) is 16.0. The van der Waals surface area contributed by atoms with Gasteiger partial charge in [0.05, 0.1) is 5.39 Å². The first-order valence-electron chi connectivity index (χ1n) is 12.3. The van der Waals surface area contributed by atoms with Crippen molar-refractivity contribution in [3.8, 4) is 16.8 Å². The topological polar surface area (TPSA) is 37.2 Å². The molecule has 0 unspecified atom stereocenters. The number of benzene rings is 3. The van der Waals surface area contributed by atoms with Gasteiger partial charge >= 0.3 is 0 Å². The van der Waals surface area contributed by atoms with Crippen molar-refractivity contribution in [3.63, 3.8) is 0 Å². The van der Waals surface area contributed by atoms with Crippen LogP contribution in [0.3, 0.4) is 0 Å². The van der Waals surface area contributed by atoms with Gasteiger partial charge in [-0.05, 0) is 61.4 Å². The van der Waals surface area contributed by atoms with Crippen molar-refractivity contribution >= 4 is 22.5 Å². The lowest BCUT2D eigenvalue weighted by molar-refractivity contribution is 0.548. The first kappa shape index (κ1) is 22.3. The van der Waals surface area contributed by atoms with E-state index in [-0.39, 0.29) is 5.82 Å². The number of nitrogens with zero attached hydrogens (tertiary/aromatic N) is 5. The van der Waals surface area contributed by atoms with Crippen molar-refractivity contribution in [2.24, 2.45) is 0 Å². The van der Waals surface area contributed by atoms with Gasteiger partial charge in [-0.3, -0.25) is 0 Å². The third-order valence-corrected chi connectivity index (χ3v) is 7.01. The van der Waals surface area contributed by atoms with Gasteiger partial charge in [0.25, 0.3) is 0 Å². The fraction of sp³-hybridized carbons (Fsp3) is 0.200. The van der Waals surface area contributed by atoms with E-state index in [1.54, 1.807) is 18.5 Å². The van der Waals surface area contributed by atoms with Crippen LogP contribution in [0.1, 0.15) is 12.5 Å². The van der Waals surface area contributed by atoms with Gasteiger partial charge in [0.2, 0.25) is 0 Å². The Morgan fingerprint density at radius 2 is 1.67 bits per heavy atom. The molecule has 1 atom stereocenters. The van der Waals surface area contributed by atoms with Crippen LogP contribution in [-0.4, -0.2) is 40.2 Å². The van der Waals surface area contributed by atoms with Gasteiger partial charge in [-0.1, -0.05) is 42.5 Å². The molecule has 5 nitrogen and oxygen atoms in total. The highest BCUT2D eigenvalue weighted by Crippen LogP contribution is 2.37. The molecule has 6 heteroatoms. The number of halogens is 1. The first-order chi connectivity index (χ1) is 17.6. The van der Waals surface area contributed by atoms with Crippen molar-refractivity contribution in [1.82, 2.24) is 14.5 Å². The summed E-state index contributed by atoms with van der Waals surface area (Å²) in [6.45, 7) is 7.04. The van der Waals surface area contributed by atoms with Crippen LogP contribution in [0.15, 0.2) is 91.4 Å². The SMILES string of the molecule is Cc1cccc(N2CCN(c3ncnc4c3c(-c3ccccc3)cn4-c3ccc(F)cc3)C[C@H]2C)c1. The molecule has 36 heavy (non-hydrogen) atoms. The van der Waals surface area contributed by atoms with E-state index in [1.807, 2.05) is 22.8 Å². The van der Waals surface area contributed by atoms with E-state index in [0.717, 1.165) is 53.3 Å². The van der Waals surface area contributed by atoms with Gasteiger partial charge in [-0.25, -0.2) is 14.4 Å². The van der Waals surface area contributed by atoms with Crippen molar-refractivity contribution in [2.45, 2.75) is 19.9 Å². The summed E-state index contributed by atoms with van der Waals surface area (Å²) in [6, 6.07) is 25.9. The summed E-state index contributed by atoms with van der Waals surface area (Å²) in [5, 5.41) is 1.02. The molecule has 0 bridgehead atoms. The monoisotopic (exact) mass is 477 g/mol. The molecule has 0 amide bonds. The fourth-order valence-corrected chi connectivity index (χ4v) is 5.26. The highest BCUT2D eigenvalue weighted by Gasteiger charge is 2.28. The van der Waals surface area contributed by atoms with E-state index in [1.165, 1.54) is 23.4 Å². The molecule has 5 aromatic rings. The van der Waals surface area contributed by atoms with E-state index in [0.29, 0.717) is 6.04 Å². The van der Waals surface area contributed by atoms with E-state index in [2.05, 4.69) is 66.2 Å². The Morgan fingerprint density at radius 1 is 0.861 bits per heavy atom. The molecule has 0 aliphatic carbocycles. The number of aryl methyl sites for hydroxylation is 1. The van der Waals surface area contributed by atoms with E-state index < -0.39 is 0 Å². The van der Waals surface area contributed by atoms with Crippen LogP contribution < -0.4 is 9.80 Å². The summed E-state index contributed by atoms with van der Waals surface area (Å²) in [6.07, 6.45) is 3.74. The zero-order chi connectivity index (χ0) is 24.6. The molecule has 6 rings (SSSR count). The lowest BCUT2D eigenvalue weighted by atomic mass is 10.1. The Bertz CT molecular complexity index is 1510. The second-order valence-electron chi connectivity index (χ2n) is 9.48. The molecule has 0 saturated carbocycles. The second-order valence-corrected chi connectivity index (χ2v) is 9.48. The summed E-state index contributed by atoms with van der Waals surface area (Å²) in [4.78, 5) is 14.4. The predicted molar refractivity (Wildman–Crippen MR) is 144 cm³/mol. The van der Waals surface area contributed by atoms with Crippen molar-refractivity contribution in [1.29, 1.82) is 0 Å². The molecule has 0 spiro atoms. The van der Waals surface area contributed by atoms with Crippen LogP contribution in [0.5, 0.6) is 0 Å². The van der Waals surface area contributed by atoms with Gasteiger partial charge in [0.15, 0.2) is 5.65 Å². The predicted octanol–water partition coefficient (Wildman–Crippen LogP) is 6.25. The molecular formula is C30H28FN5.